The molecule has 2 aliphatic carbocycles. The Morgan fingerprint density at radius 1 is 1.00 bits per heavy atom. The lowest BCUT2D eigenvalue weighted by atomic mass is 9.64. The fraction of sp³-hybridized carbons (Fsp3) is 1.00. The third kappa shape index (κ3) is 2.10. The molecule has 15 heavy (non-hydrogen) atoms. The SMILES string of the molecule is CCC(C)(C1CCCC1)C1CCC(C)C1. The van der Waals surface area contributed by atoms with Crippen molar-refractivity contribution in [1.29, 1.82) is 0 Å². The number of hydrogen-bond acceptors (Lipinski definition) is 0. The van der Waals surface area contributed by atoms with Crippen LogP contribution in [0.5, 0.6) is 0 Å². The number of hydrogen-bond donors (Lipinski definition) is 0. The average molecular weight is 208 g/mol. The zero-order valence-electron chi connectivity index (χ0n) is 10.9. The fourth-order valence-electron chi connectivity index (χ4n) is 4.30. The third-order valence-electron chi connectivity index (χ3n) is 5.68. The fourth-order valence-corrected chi connectivity index (χ4v) is 4.30. The molecule has 0 amide bonds. The van der Waals surface area contributed by atoms with Crippen LogP contribution in [0.15, 0.2) is 0 Å². The molecule has 2 saturated carbocycles. The highest BCUT2D eigenvalue weighted by Crippen LogP contribution is 2.53. The summed E-state index contributed by atoms with van der Waals surface area (Å²) in [4.78, 5) is 0. The Balaban J connectivity index is 2.06. The minimum atomic E-state index is 0.682. The Hall–Kier alpha value is 0. The van der Waals surface area contributed by atoms with E-state index in [1.807, 2.05) is 0 Å². The maximum Gasteiger partial charge on any atom is -0.0272 e. The quantitative estimate of drug-likeness (QED) is 0.610. The molecule has 3 atom stereocenters. The summed E-state index contributed by atoms with van der Waals surface area (Å²) in [6.07, 6.45) is 12.0. The minimum absolute atomic E-state index is 0.682. The van der Waals surface area contributed by atoms with Crippen LogP contribution < -0.4 is 0 Å². The second kappa shape index (κ2) is 4.47. The molecule has 3 unspecified atom stereocenters. The molecule has 2 aliphatic rings. The van der Waals surface area contributed by atoms with Gasteiger partial charge in [-0.1, -0.05) is 46.5 Å². The van der Waals surface area contributed by atoms with Crippen molar-refractivity contribution in [2.45, 2.75) is 72.1 Å². The van der Waals surface area contributed by atoms with Crippen molar-refractivity contribution in [1.82, 2.24) is 0 Å². The van der Waals surface area contributed by atoms with Crippen LogP contribution >= 0.6 is 0 Å². The van der Waals surface area contributed by atoms with E-state index in [0.717, 1.165) is 17.8 Å². The van der Waals surface area contributed by atoms with Gasteiger partial charge in [-0.25, -0.2) is 0 Å². The summed E-state index contributed by atoms with van der Waals surface area (Å²) in [6.45, 7) is 7.48. The van der Waals surface area contributed by atoms with Crippen molar-refractivity contribution in [2.24, 2.45) is 23.2 Å². The maximum atomic E-state index is 2.60. The molecule has 2 rings (SSSR count). The first-order valence-corrected chi connectivity index (χ1v) is 7.16. The lowest BCUT2D eigenvalue weighted by molar-refractivity contribution is 0.0888. The van der Waals surface area contributed by atoms with Gasteiger partial charge in [0.15, 0.2) is 0 Å². The standard InChI is InChI=1S/C15H28/c1-4-15(3,13-7-5-6-8-13)14-10-9-12(2)11-14/h12-14H,4-11H2,1-3H3. The highest BCUT2D eigenvalue weighted by molar-refractivity contribution is 4.93. The van der Waals surface area contributed by atoms with Crippen molar-refractivity contribution >= 4 is 0 Å². The average Bonchev–Trinajstić information content (AvgIpc) is 2.87. The van der Waals surface area contributed by atoms with Gasteiger partial charge in [-0.05, 0) is 48.9 Å². The molecule has 0 bridgehead atoms. The van der Waals surface area contributed by atoms with Gasteiger partial charge in [0.2, 0.25) is 0 Å². The minimum Gasteiger partial charge on any atom is -0.0648 e. The Kier molecular flexibility index (Phi) is 3.42. The molecule has 0 saturated heterocycles. The Bertz CT molecular complexity index is 202. The van der Waals surface area contributed by atoms with E-state index in [1.54, 1.807) is 0 Å². The molecule has 0 aromatic carbocycles. The lowest BCUT2D eigenvalue weighted by Gasteiger charge is -2.41. The molecule has 0 heteroatoms. The van der Waals surface area contributed by atoms with Gasteiger partial charge in [0.25, 0.3) is 0 Å². The van der Waals surface area contributed by atoms with Crippen LogP contribution in [-0.2, 0) is 0 Å². The van der Waals surface area contributed by atoms with Crippen LogP contribution in [-0.4, -0.2) is 0 Å². The summed E-state index contributed by atoms with van der Waals surface area (Å²) in [6, 6.07) is 0. The van der Waals surface area contributed by atoms with E-state index >= 15 is 0 Å². The molecule has 0 heterocycles. The maximum absolute atomic E-state index is 2.60. The molecular weight excluding hydrogens is 180 g/mol. The van der Waals surface area contributed by atoms with Crippen molar-refractivity contribution < 1.29 is 0 Å². The first-order valence-electron chi connectivity index (χ1n) is 7.16. The van der Waals surface area contributed by atoms with Gasteiger partial charge in [0.1, 0.15) is 0 Å². The molecule has 88 valence electrons. The van der Waals surface area contributed by atoms with Gasteiger partial charge in [-0.3, -0.25) is 0 Å². The van der Waals surface area contributed by atoms with Gasteiger partial charge < -0.3 is 0 Å². The van der Waals surface area contributed by atoms with Gasteiger partial charge >= 0.3 is 0 Å². The van der Waals surface area contributed by atoms with Crippen molar-refractivity contribution in [3.63, 3.8) is 0 Å². The second-order valence-electron chi connectivity index (χ2n) is 6.46. The van der Waals surface area contributed by atoms with Gasteiger partial charge in [-0.15, -0.1) is 0 Å². The largest absolute Gasteiger partial charge is 0.0648 e. The topological polar surface area (TPSA) is 0 Å². The predicted molar refractivity (Wildman–Crippen MR) is 66.9 cm³/mol. The van der Waals surface area contributed by atoms with Gasteiger partial charge in [0, 0.05) is 0 Å². The Morgan fingerprint density at radius 2 is 1.67 bits per heavy atom. The van der Waals surface area contributed by atoms with E-state index in [1.165, 1.54) is 51.4 Å². The summed E-state index contributed by atoms with van der Waals surface area (Å²) < 4.78 is 0. The van der Waals surface area contributed by atoms with Crippen LogP contribution in [0.2, 0.25) is 0 Å². The molecule has 0 radical (unpaired) electrons. The van der Waals surface area contributed by atoms with Crippen molar-refractivity contribution in [3.8, 4) is 0 Å². The molecule has 2 fully saturated rings. The van der Waals surface area contributed by atoms with E-state index in [2.05, 4.69) is 20.8 Å². The van der Waals surface area contributed by atoms with Crippen LogP contribution in [0.3, 0.4) is 0 Å². The molecule has 0 aliphatic heterocycles. The molecule has 0 spiro atoms. The number of rotatable bonds is 3. The van der Waals surface area contributed by atoms with E-state index in [9.17, 15) is 0 Å². The summed E-state index contributed by atoms with van der Waals surface area (Å²) in [5, 5.41) is 0. The summed E-state index contributed by atoms with van der Waals surface area (Å²) in [5.74, 6) is 3.10. The van der Waals surface area contributed by atoms with Crippen molar-refractivity contribution in [3.05, 3.63) is 0 Å². The summed E-state index contributed by atoms with van der Waals surface area (Å²) in [5.41, 5.74) is 0.682. The Morgan fingerprint density at radius 3 is 2.13 bits per heavy atom. The lowest BCUT2D eigenvalue weighted by Crippen LogP contribution is -2.32. The first kappa shape index (κ1) is 11.5. The molecule has 0 aromatic rings. The molecular formula is C15H28. The second-order valence-corrected chi connectivity index (χ2v) is 6.46. The smallest absolute Gasteiger partial charge is 0.0272 e. The molecule has 0 N–H and O–H groups in total. The van der Waals surface area contributed by atoms with E-state index in [4.69, 9.17) is 0 Å². The highest BCUT2D eigenvalue weighted by Gasteiger charge is 2.42. The van der Waals surface area contributed by atoms with Gasteiger partial charge in [-0.2, -0.15) is 0 Å². The summed E-state index contributed by atoms with van der Waals surface area (Å²) >= 11 is 0. The highest BCUT2D eigenvalue weighted by atomic mass is 14.5. The first-order chi connectivity index (χ1) is 7.16. The van der Waals surface area contributed by atoms with Crippen LogP contribution in [0.25, 0.3) is 0 Å². The van der Waals surface area contributed by atoms with Crippen LogP contribution in [0.1, 0.15) is 72.1 Å². The van der Waals surface area contributed by atoms with Crippen molar-refractivity contribution in [2.75, 3.05) is 0 Å². The zero-order chi connectivity index (χ0) is 10.9. The normalized spacial score (nSPS) is 37.0. The zero-order valence-corrected chi connectivity index (χ0v) is 10.9. The predicted octanol–water partition coefficient (Wildman–Crippen LogP) is 5.03. The monoisotopic (exact) mass is 208 g/mol. The van der Waals surface area contributed by atoms with Crippen LogP contribution in [0.4, 0.5) is 0 Å². The molecule has 0 aromatic heterocycles. The molecule has 0 nitrogen and oxygen atoms in total. The van der Waals surface area contributed by atoms with Crippen LogP contribution in [0, 0.1) is 23.2 Å². The van der Waals surface area contributed by atoms with E-state index in [-0.39, 0.29) is 0 Å². The third-order valence-corrected chi connectivity index (χ3v) is 5.68. The Labute approximate surface area is 95.8 Å². The van der Waals surface area contributed by atoms with E-state index < -0.39 is 0 Å². The van der Waals surface area contributed by atoms with E-state index in [0.29, 0.717) is 5.41 Å². The summed E-state index contributed by atoms with van der Waals surface area (Å²) in [7, 11) is 0. The van der Waals surface area contributed by atoms with Gasteiger partial charge in [0.05, 0.1) is 0 Å².